The zero-order valence-electron chi connectivity index (χ0n) is 16.4. The van der Waals surface area contributed by atoms with Gasteiger partial charge < -0.3 is 19.7 Å². The average Bonchev–Trinajstić information content (AvgIpc) is 3.10. The summed E-state index contributed by atoms with van der Waals surface area (Å²) in [5.41, 5.74) is 2.32. The summed E-state index contributed by atoms with van der Waals surface area (Å²) >= 11 is 0. The van der Waals surface area contributed by atoms with Crippen LogP contribution in [0.15, 0.2) is 30.5 Å². The second-order valence-electron chi connectivity index (χ2n) is 7.18. The SMILES string of the molecule is CCN1CCN(C(=O)CCN(CCc2c[nH]c3ccccc23)C(C)=O)CC1. The number of para-hydroxylation sites is 1. The lowest BCUT2D eigenvalue weighted by molar-refractivity contribution is -0.134. The first-order chi connectivity index (χ1) is 13.1. The van der Waals surface area contributed by atoms with Crippen LogP contribution in [0.25, 0.3) is 10.9 Å². The van der Waals surface area contributed by atoms with E-state index in [1.807, 2.05) is 23.2 Å². The zero-order valence-corrected chi connectivity index (χ0v) is 16.4. The average molecular weight is 370 g/mol. The molecule has 1 saturated heterocycles. The number of amides is 2. The lowest BCUT2D eigenvalue weighted by Crippen LogP contribution is -2.49. The number of hydrogen-bond acceptors (Lipinski definition) is 3. The highest BCUT2D eigenvalue weighted by Gasteiger charge is 2.21. The Hall–Kier alpha value is -2.34. The van der Waals surface area contributed by atoms with Crippen molar-refractivity contribution in [3.8, 4) is 0 Å². The van der Waals surface area contributed by atoms with Crippen molar-refractivity contribution in [2.45, 2.75) is 26.7 Å². The van der Waals surface area contributed by atoms with Crippen LogP contribution >= 0.6 is 0 Å². The maximum atomic E-state index is 12.5. The highest BCUT2D eigenvalue weighted by atomic mass is 16.2. The van der Waals surface area contributed by atoms with E-state index in [0.29, 0.717) is 19.5 Å². The first kappa shape index (κ1) is 19.4. The van der Waals surface area contributed by atoms with Gasteiger partial charge in [-0.05, 0) is 24.6 Å². The molecule has 2 amide bonds. The standard InChI is InChI=1S/C21H30N4O2/c1-3-23-12-14-25(15-13-23)21(27)9-11-24(17(2)26)10-8-18-16-22-20-7-5-4-6-19(18)20/h4-7,16,22H,3,8-15H2,1-2H3. The van der Waals surface area contributed by atoms with Gasteiger partial charge in [0, 0.05) is 69.7 Å². The Morgan fingerprint density at radius 3 is 2.56 bits per heavy atom. The third-order valence-corrected chi connectivity index (χ3v) is 5.54. The fraction of sp³-hybridized carbons (Fsp3) is 0.524. The summed E-state index contributed by atoms with van der Waals surface area (Å²) in [4.78, 5) is 33.9. The fourth-order valence-electron chi connectivity index (χ4n) is 3.72. The number of aromatic amines is 1. The monoisotopic (exact) mass is 370 g/mol. The van der Waals surface area contributed by atoms with Gasteiger partial charge in [0.2, 0.25) is 11.8 Å². The summed E-state index contributed by atoms with van der Waals surface area (Å²) in [5.74, 6) is 0.183. The molecule has 0 saturated carbocycles. The lowest BCUT2D eigenvalue weighted by Gasteiger charge is -2.34. The number of piperazine rings is 1. The van der Waals surface area contributed by atoms with Crippen molar-refractivity contribution in [2.24, 2.45) is 0 Å². The number of aromatic nitrogens is 1. The van der Waals surface area contributed by atoms with E-state index < -0.39 is 0 Å². The highest BCUT2D eigenvalue weighted by molar-refractivity contribution is 5.83. The van der Waals surface area contributed by atoms with E-state index in [0.717, 1.165) is 44.7 Å². The Morgan fingerprint density at radius 2 is 1.85 bits per heavy atom. The summed E-state index contributed by atoms with van der Waals surface area (Å²) in [6.07, 6.45) is 3.20. The number of H-pyrrole nitrogens is 1. The maximum Gasteiger partial charge on any atom is 0.224 e. The molecule has 27 heavy (non-hydrogen) atoms. The molecule has 146 valence electrons. The van der Waals surface area contributed by atoms with E-state index in [9.17, 15) is 9.59 Å². The van der Waals surface area contributed by atoms with Crippen molar-refractivity contribution < 1.29 is 9.59 Å². The molecular weight excluding hydrogens is 340 g/mol. The number of carbonyl (C=O) groups excluding carboxylic acids is 2. The molecule has 0 aliphatic carbocycles. The number of fused-ring (bicyclic) bond motifs is 1. The van der Waals surface area contributed by atoms with Crippen LogP contribution in [0.1, 0.15) is 25.8 Å². The number of nitrogens with zero attached hydrogens (tertiary/aromatic N) is 3. The van der Waals surface area contributed by atoms with E-state index in [1.54, 1.807) is 11.8 Å². The molecule has 2 aromatic rings. The van der Waals surface area contributed by atoms with Gasteiger partial charge in [0.25, 0.3) is 0 Å². The van der Waals surface area contributed by atoms with Gasteiger partial charge in [0.15, 0.2) is 0 Å². The minimum Gasteiger partial charge on any atom is -0.361 e. The van der Waals surface area contributed by atoms with Gasteiger partial charge in [-0.2, -0.15) is 0 Å². The van der Waals surface area contributed by atoms with E-state index in [1.165, 1.54) is 10.9 Å². The molecule has 1 aromatic carbocycles. The molecule has 1 aliphatic rings. The van der Waals surface area contributed by atoms with E-state index in [2.05, 4.69) is 28.9 Å². The Labute approximate surface area is 161 Å². The van der Waals surface area contributed by atoms with E-state index in [-0.39, 0.29) is 11.8 Å². The van der Waals surface area contributed by atoms with Crippen molar-refractivity contribution in [3.63, 3.8) is 0 Å². The maximum absolute atomic E-state index is 12.5. The number of carbonyl (C=O) groups is 2. The number of rotatable bonds is 7. The summed E-state index contributed by atoms with van der Waals surface area (Å²) in [5, 5.41) is 1.20. The predicted octanol–water partition coefficient (Wildman–Crippen LogP) is 2.11. The van der Waals surface area contributed by atoms with E-state index >= 15 is 0 Å². The van der Waals surface area contributed by atoms with Crippen LogP contribution in [-0.4, -0.2) is 77.3 Å². The van der Waals surface area contributed by atoms with Gasteiger partial charge in [-0.15, -0.1) is 0 Å². The molecule has 0 unspecified atom stereocenters. The molecule has 6 nitrogen and oxygen atoms in total. The van der Waals surface area contributed by atoms with Crippen molar-refractivity contribution in [1.29, 1.82) is 0 Å². The van der Waals surface area contributed by atoms with E-state index in [4.69, 9.17) is 0 Å². The quantitative estimate of drug-likeness (QED) is 0.812. The summed E-state index contributed by atoms with van der Waals surface area (Å²) in [6, 6.07) is 8.19. The number of likely N-dealkylation sites (N-methyl/N-ethyl adjacent to an activating group) is 1. The molecule has 1 N–H and O–H groups in total. The number of hydrogen-bond donors (Lipinski definition) is 1. The fourth-order valence-corrected chi connectivity index (χ4v) is 3.72. The molecule has 1 aliphatic heterocycles. The van der Waals surface area contributed by atoms with Crippen molar-refractivity contribution in [2.75, 3.05) is 45.8 Å². The summed E-state index contributed by atoms with van der Waals surface area (Å²) in [6.45, 7) is 9.37. The third-order valence-electron chi connectivity index (χ3n) is 5.54. The van der Waals surface area contributed by atoms with Gasteiger partial charge in [-0.1, -0.05) is 25.1 Å². The molecule has 1 aromatic heterocycles. The Bertz CT molecular complexity index is 777. The van der Waals surface area contributed by atoms with Gasteiger partial charge in [-0.25, -0.2) is 0 Å². The van der Waals surface area contributed by atoms with Crippen LogP contribution in [0.5, 0.6) is 0 Å². The van der Waals surface area contributed by atoms with Crippen LogP contribution in [0.2, 0.25) is 0 Å². The normalized spacial score (nSPS) is 15.3. The second kappa shape index (κ2) is 9.04. The lowest BCUT2D eigenvalue weighted by atomic mass is 10.1. The second-order valence-corrected chi connectivity index (χ2v) is 7.18. The van der Waals surface area contributed by atoms with Gasteiger partial charge in [0.1, 0.15) is 0 Å². The Balaban J connectivity index is 1.50. The summed E-state index contributed by atoms with van der Waals surface area (Å²) < 4.78 is 0. The minimum absolute atomic E-state index is 0.0263. The molecule has 0 atom stereocenters. The zero-order chi connectivity index (χ0) is 19.2. The highest BCUT2D eigenvalue weighted by Crippen LogP contribution is 2.18. The molecule has 2 heterocycles. The smallest absolute Gasteiger partial charge is 0.224 e. The van der Waals surface area contributed by atoms with Gasteiger partial charge in [0.05, 0.1) is 0 Å². The number of nitrogens with one attached hydrogen (secondary N) is 1. The summed E-state index contributed by atoms with van der Waals surface area (Å²) in [7, 11) is 0. The van der Waals surface area contributed by atoms with Crippen LogP contribution < -0.4 is 0 Å². The molecule has 0 spiro atoms. The van der Waals surface area contributed by atoms with Crippen LogP contribution in [0.4, 0.5) is 0 Å². The molecule has 0 bridgehead atoms. The third kappa shape index (κ3) is 4.89. The van der Waals surface area contributed by atoms with Crippen molar-refractivity contribution in [1.82, 2.24) is 19.7 Å². The molecule has 6 heteroatoms. The first-order valence-electron chi connectivity index (χ1n) is 9.89. The molecular formula is C21H30N4O2. The minimum atomic E-state index is 0.0263. The molecule has 1 fully saturated rings. The topological polar surface area (TPSA) is 59.6 Å². The number of benzene rings is 1. The van der Waals surface area contributed by atoms with Crippen molar-refractivity contribution >= 4 is 22.7 Å². The Morgan fingerprint density at radius 1 is 1.11 bits per heavy atom. The van der Waals surface area contributed by atoms with Crippen LogP contribution in [0, 0.1) is 0 Å². The van der Waals surface area contributed by atoms with Crippen LogP contribution in [-0.2, 0) is 16.0 Å². The van der Waals surface area contributed by atoms with Crippen LogP contribution in [0.3, 0.4) is 0 Å². The molecule has 0 radical (unpaired) electrons. The van der Waals surface area contributed by atoms with Crippen molar-refractivity contribution in [3.05, 3.63) is 36.0 Å². The van der Waals surface area contributed by atoms with Gasteiger partial charge in [-0.3, -0.25) is 9.59 Å². The predicted molar refractivity (Wildman–Crippen MR) is 108 cm³/mol. The largest absolute Gasteiger partial charge is 0.361 e. The van der Waals surface area contributed by atoms with Gasteiger partial charge >= 0.3 is 0 Å². The first-order valence-corrected chi connectivity index (χ1v) is 9.89. The molecule has 3 rings (SSSR count). The Kier molecular flexibility index (Phi) is 6.50.